The molecule has 0 aliphatic carbocycles. The highest BCUT2D eigenvalue weighted by molar-refractivity contribution is 5.99. The predicted molar refractivity (Wildman–Crippen MR) is 71.2 cm³/mol. The Kier molecular flexibility index (Phi) is 3.76. The lowest BCUT2D eigenvalue weighted by atomic mass is 10.2. The van der Waals surface area contributed by atoms with Gasteiger partial charge in [-0.25, -0.2) is 0 Å². The van der Waals surface area contributed by atoms with E-state index < -0.39 is 0 Å². The Morgan fingerprint density at radius 3 is 2.95 bits per heavy atom. The minimum atomic E-state index is -0.235. The fourth-order valence-corrected chi connectivity index (χ4v) is 1.70. The molecule has 19 heavy (non-hydrogen) atoms. The normalized spacial score (nSPS) is 10.3. The number of aryl methyl sites for hydroxylation is 2. The van der Waals surface area contributed by atoms with Gasteiger partial charge in [0.15, 0.2) is 0 Å². The molecule has 4 N–H and O–H groups in total. The molecule has 7 heteroatoms. The van der Waals surface area contributed by atoms with Gasteiger partial charge in [-0.05, 0) is 19.1 Å². The summed E-state index contributed by atoms with van der Waals surface area (Å²) in [5.74, 6) is 5.17. The zero-order valence-corrected chi connectivity index (χ0v) is 10.8. The van der Waals surface area contributed by atoms with Gasteiger partial charge in [0.05, 0.1) is 23.5 Å². The molecular formula is C12H16N6O. The first kappa shape index (κ1) is 13.0. The Balaban J connectivity index is 2.10. The number of anilines is 1. The highest BCUT2D eigenvalue weighted by Gasteiger charge is 2.12. The molecule has 2 rings (SSSR count). The standard InChI is InChI=1S/C12H16N6O/c1-8-5-11(17-13)10(7-14-8)12(19)15-6-9-3-4-16-18(9)2/h3-5,7H,6,13H2,1-2H3,(H,14,17)(H,15,19). The molecule has 0 fully saturated rings. The lowest BCUT2D eigenvalue weighted by Gasteiger charge is -2.10. The maximum Gasteiger partial charge on any atom is 0.255 e. The summed E-state index contributed by atoms with van der Waals surface area (Å²) in [6, 6.07) is 3.56. The Morgan fingerprint density at radius 2 is 2.32 bits per heavy atom. The molecule has 7 nitrogen and oxygen atoms in total. The number of nitrogens with one attached hydrogen (secondary N) is 2. The van der Waals surface area contributed by atoms with Crippen LogP contribution in [0.5, 0.6) is 0 Å². The number of carbonyl (C=O) groups excluding carboxylic acids is 1. The van der Waals surface area contributed by atoms with Crippen LogP contribution < -0.4 is 16.6 Å². The number of hydrogen-bond acceptors (Lipinski definition) is 5. The average molecular weight is 260 g/mol. The van der Waals surface area contributed by atoms with Gasteiger partial charge in [0.2, 0.25) is 0 Å². The van der Waals surface area contributed by atoms with E-state index in [4.69, 9.17) is 5.84 Å². The number of aromatic nitrogens is 3. The summed E-state index contributed by atoms with van der Waals surface area (Å²) >= 11 is 0. The molecule has 0 aromatic carbocycles. The van der Waals surface area contributed by atoms with E-state index >= 15 is 0 Å². The maximum atomic E-state index is 12.1. The molecule has 100 valence electrons. The molecule has 1 amide bonds. The van der Waals surface area contributed by atoms with Crippen LogP contribution in [0.25, 0.3) is 0 Å². The van der Waals surface area contributed by atoms with Crippen molar-refractivity contribution in [2.75, 3.05) is 5.43 Å². The van der Waals surface area contributed by atoms with E-state index in [-0.39, 0.29) is 5.91 Å². The summed E-state index contributed by atoms with van der Waals surface area (Å²) in [5, 5.41) is 6.83. The van der Waals surface area contributed by atoms with Crippen molar-refractivity contribution in [2.45, 2.75) is 13.5 Å². The molecule has 2 aromatic heterocycles. The van der Waals surface area contributed by atoms with Crippen molar-refractivity contribution in [1.29, 1.82) is 0 Å². The van der Waals surface area contributed by atoms with Crippen molar-refractivity contribution in [1.82, 2.24) is 20.1 Å². The molecule has 0 spiro atoms. The lowest BCUT2D eigenvalue weighted by Crippen LogP contribution is -2.26. The van der Waals surface area contributed by atoms with Gasteiger partial charge in [-0.3, -0.25) is 20.3 Å². The number of nitrogens with two attached hydrogens (primary N) is 1. The average Bonchev–Trinajstić information content (AvgIpc) is 2.81. The molecular weight excluding hydrogens is 244 g/mol. The molecule has 0 aliphatic heterocycles. The first-order chi connectivity index (χ1) is 9.11. The second-order valence-corrected chi connectivity index (χ2v) is 4.14. The van der Waals surface area contributed by atoms with Gasteiger partial charge in [0.1, 0.15) is 0 Å². The highest BCUT2D eigenvalue weighted by atomic mass is 16.1. The largest absolute Gasteiger partial charge is 0.346 e. The summed E-state index contributed by atoms with van der Waals surface area (Å²) < 4.78 is 1.70. The third kappa shape index (κ3) is 2.89. The van der Waals surface area contributed by atoms with Crippen molar-refractivity contribution < 1.29 is 4.79 Å². The second kappa shape index (κ2) is 5.49. The van der Waals surface area contributed by atoms with Gasteiger partial charge in [0.25, 0.3) is 5.91 Å². The monoisotopic (exact) mass is 260 g/mol. The molecule has 0 saturated carbocycles. The Bertz CT molecular complexity index is 592. The zero-order chi connectivity index (χ0) is 13.8. The summed E-state index contributed by atoms with van der Waals surface area (Å²) in [6.45, 7) is 2.23. The van der Waals surface area contributed by atoms with E-state index in [0.29, 0.717) is 17.8 Å². The number of pyridine rings is 1. The molecule has 2 heterocycles. The minimum absolute atomic E-state index is 0.235. The Morgan fingerprint density at radius 1 is 1.53 bits per heavy atom. The van der Waals surface area contributed by atoms with Crippen LogP contribution in [-0.4, -0.2) is 20.7 Å². The van der Waals surface area contributed by atoms with Crippen molar-refractivity contribution >= 4 is 11.6 Å². The number of hydrogen-bond donors (Lipinski definition) is 3. The second-order valence-electron chi connectivity index (χ2n) is 4.14. The van der Waals surface area contributed by atoms with Crippen molar-refractivity contribution in [3.8, 4) is 0 Å². The van der Waals surface area contributed by atoms with Gasteiger partial charge in [-0.2, -0.15) is 5.10 Å². The van der Waals surface area contributed by atoms with E-state index in [9.17, 15) is 4.79 Å². The summed E-state index contributed by atoms with van der Waals surface area (Å²) in [7, 11) is 1.82. The third-order valence-corrected chi connectivity index (χ3v) is 2.79. The van der Waals surface area contributed by atoms with Gasteiger partial charge in [-0.1, -0.05) is 0 Å². The van der Waals surface area contributed by atoms with Crippen molar-refractivity contribution in [3.63, 3.8) is 0 Å². The van der Waals surface area contributed by atoms with E-state index in [1.54, 1.807) is 16.9 Å². The maximum absolute atomic E-state index is 12.1. The molecule has 0 unspecified atom stereocenters. The fraction of sp³-hybridized carbons (Fsp3) is 0.250. The fourth-order valence-electron chi connectivity index (χ4n) is 1.70. The molecule has 0 aliphatic rings. The van der Waals surface area contributed by atoms with Gasteiger partial charge in [0, 0.05) is 25.1 Å². The number of nitrogens with zero attached hydrogens (tertiary/aromatic N) is 3. The smallest absolute Gasteiger partial charge is 0.255 e. The van der Waals surface area contributed by atoms with Crippen LogP contribution in [0.2, 0.25) is 0 Å². The predicted octanol–water partition coefficient (Wildman–Crippen LogP) is 0.339. The van der Waals surface area contributed by atoms with Crippen LogP contribution in [0.15, 0.2) is 24.5 Å². The molecule has 0 bridgehead atoms. The van der Waals surface area contributed by atoms with Crippen LogP contribution in [0.3, 0.4) is 0 Å². The molecule has 0 saturated heterocycles. The van der Waals surface area contributed by atoms with Crippen LogP contribution in [0.4, 0.5) is 5.69 Å². The number of nitrogen functional groups attached to an aromatic ring is 1. The Labute approximate surface area is 110 Å². The van der Waals surface area contributed by atoms with Gasteiger partial charge >= 0.3 is 0 Å². The molecule has 0 atom stereocenters. The summed E-state index contributed by atoms with van der Waals surface area (Å²) in [5.41, 5.74) is 5.17. The van der Waals surface area contributed by atoms with Crippen molar-refractivity contribution in [2.24, 2.45) is 12.9 Å². The van der Waals surface area contributed by atoms with Gasteiger partial charge < -0.3 is 10.7 Å². The minimum Gasteiger partial charge on any atom is -0.346 e. The van der Waals surface area contributed by atoms with Crippen LogP contribution in [-0.2, 0) is 13.6 Å². The SMILES string of the molecule is Cc1cc(NN)c(C(=O)NCc2ccnn2C)cn1. The van der Waals surface area contributed by atoms with Crippen molar-refractivity contribution in [3.05, 3.63) is 41.5 Å². The number of hydrazine groups is 1. The van der Waals surface area contributed by atoms with E-state index in [2.05, 4.69) is 20.8 Å². The number of rotatable bonds is 4. The first-order valence-electron chi connectivity index (χ1n) is 5.80. The Hall–Kier alpha value is -2.41. The van der Waals surface area contributed by atoms with Crippen LogP contribution in [0, 0.1) is 6.92 Å². The molecule has 2 aromatic rings. The van der Waals surface area contributed by atoms with E-state index in [1.807, 2.05) is 20.0 Å². The number of carbonyl (C=O) groups is 1. The number of amides is 1. The first-order valence-corrected chi connectivity index (χ1v) is 5.80. The lowest BCUT2D eigenvalue weighted by molar-refractivity contribution is 0.0950. The van der Waals surface area contributed by atoms with E-state index in [1.165, 1.54) is 6.20 Å². The highest BCUT2D eigenvalue weighted by Crippen LogP contribution is 2.14. The van der Waals surface area contributed by atoms with Gasteiger partial charge in [-0.15, -0.1) is 0 Å². The quantitative estimate of drug-likeness (QED) is 0.544. The molecule has 0 radical (unpaired) electrons. The topological polar surface area (TPSA) is 97.9 Å². The van der Waals surface area contributed by atoms with E-state index in [0.717, 1.165) is 11.4 Å². The zero-order valence-electron chi connectivity index (χ0n) is 10.8. The summed E-state index contributed by atoms with van der Waals surface area (Å²) in [6.07, 6.45) is 3.19. The third-order valence-electron chi connectivity index (χ3n) is 2.79. The van der Waals surface area contributed by atoms with Crippen LogP contribution >= 0.6 is 0 Å². The van der Waals surface area contributed by atoms with Crippen LogP contribution in [0.1, 0.15) is 21.7 Å². The summed E-state index contributed by atoms with van der Waals surface area (Å²) in [4.78, 5) is 16.2.